The molecule has 0 aliphatic rings. The number of ketones is 1. The number of rotatable bonds is 6. The van der Waals surface area contributed by atoms with E-state index in [4.69, 9.17) is 4.74 Å². The van der Waals surface area contributed by atoms with Gasteiger partial charge in [0.15, 0.2) is 5.78 Å². The van der Waals surface area contributed by atoms with E-state index in [0.29, 0.717) is 18.4 Å². The van der Waals surface area contributed by atoms with Crippen LogP contribution in [0.25, 0.3) is 0 Å². The zero-order valence-electron chi connectivity index (χ0n) is 9.75. The highest BCUT2D eigenvalue weighted by Gasteiger charge is 2.08. The molecule has 0 amide bonds. The lowest BCUT2D eigenvalue weighted by Crippen LogP contribution is -2.02. The van der Waals surface area contributed by atoms with Gasteiger partial charge in [-0.2, -0.15) is 0 Å². The van der Waals surface area contributed by atoms with Crippen LogP contribution in [0, 0.1) is 0 Å². The number of ether oxygens (including phenoxy) is 1. The molecule has 0 unspecified atom stereocenters. The van der Waals surface area contributed by atoms with Crippen LogP contribution in [0.15, 0.2) is 18.2 Å². The van der Waals surface area contributed by atoms with E-state index in [0.717, 1.165) is 23.3 Å². The molecule has 0 bridgehead atoms. The summed E-state index contributed by atoms with van der Waals surface area (Å²) in [5.41, 5.74) is 1.88. The topological polar surface area (TPSA) is 26.3 Å². The third-order valence-electron chi connectivity index (χ3n) is 2.38. The fraction of sp³-hybridized carbons (Fsp3) is 0.462. The van der Waals surface area contributed by atoms with Gasteiger partial charge in [0.05, 0.1) is 6.61 Å². The molecule has 0 aromatic heterocycles. The fourth-order valence-electron chi connectivity index (χ4n) is 1.56. The largest absolute Gasteiger partial charge is 0.494 e. The number of halogens is 1. The molecule has 16 heavy (non-hydrogen) atoms. The maximum Gasteiger partial charge on any atom is 0.163 e. The van der Waals surface area contributed by atoms with Crippen LogP contribution in [0.3, 0.4) is 0 Å². The Balaban J connectivity index is 2.94. The average Bonchev–Trinajstić information content (AvgIpc) is 2.30. The van der Waals surface area contributed by atoms with Crippen LogP contribution in [0.4, 0.5) is 0 Å². The third kappa shape index (κ3) is 3.34. The van der Waals surface area contributed by atoms with E-state index in [1.54, 1.807) is 0 Å². The maximum absolute atomic E-state index is 11.7. The normalized spacial score (nSPS) is 10.2. The summed E-state index contributed by atoms with van der Waals surface area (Å²) in [5, 5.41) is 0.709. The Kier molecular flexibility index (Phi) is 5.53. The van der Waals surface area contributed by atoms with E-state index in [9.17, 15) is 4.79 Å². The number of hydrogen-bond donors (Lipinski definition) is 0. The Hall–Kier alpha value is -0.830. The lowest BCUT2D eigenvalue weighted by Gasteiger charge is -2.10. The minimum atomic E-state index is 0.176. The lowest BCUT2D eigenvalue weighted by molar-refractivity contribution is 0.0989. The molecule has 88 valence electrons. The molecule has 0 N–H and O–H groups in total. The second-order valence-electron chi connectivity index (χ2n) is 3.47. The molecule has 0 aliphatic heterocycles. The molecule has 0 atom stereocenters. The van der Waals surface area contributed by atoms with Gasteiger partial charge in [-0.25, -0.2) is 0 Å². The Morgan fingerprint density at radius 2 is 2.12 bits per heavy atom. The number of Topliss-reactive ketones (excluding diaryl/α,β-unsaturated/α-hetero) is 1. The summed E-state index contributed by atoms with van der Waals surface area (Å²) in [7, 11) is 0. The van der Waals surface area contributed by atoms with Crippen molar-refractivity contribution in [3.63, 3.8) is 0 Å². The Bertz CT molecular complexity index is 361. The zero-order valence-corrected chi connectivity index (χ0v) is 11.3. The minimum Gasteiger partial charge on any atom is -0.494 e. The average molecular weight is 285 g/mol. The number of aryl methyl sites for hydroxylation is 1. The molecular formula is C13H17BrO2. The molecule has 0 spiro atoms. The van der Waals surface area contributed by atoms with Crippen molar-refractivity contribution in [3.05, 3.63) is 29.3 Å². The molecule has 0 fully saturated rings. The number of carbonyl (C=O) groups excluding carboxylic acids is 1. The van der Waals surface area contributed by atoms with Crippen LogP contribution in [0.5, 0.6) is 5.75 Å². The molecule has 2 nitrogen and oxygen atoms in total. The van der Waals surface area contributed by atoms with Crippen molar-refractivity contribution in [1.29, 1.82) is 0 Å². The van der Waals surface area contributed by atoms with Crippen LogP contribution in [0.1, 0.15) is 36.2 Å². The summed E-state index contributed by atoms with van der Waals surface area (Å²) < 4.78 is 5.50. The van der Waals surface area contributed by atoms with Crippen LogP contribution in [-0.2, 0) is 6.42 Å². The summed E-state index contributed by atoms with van der Waals surface area (Å²) in [6.45, 7) is 4.68. The molecule has 0 radical (unpaired) electrons. The van der Waals surface area contributed by atoms with Crippen LogP contribution < -0.4 is 4.74 Å². The van der Waals surface area contributed by atoms with Gasteiger partial charge in [-0.15, -0.1) is 0 Å². The molecule has 0 aliphatic carbocycles. The second-order valence-corrected chi connectivity index (χ2v) is 4.26. The monoisotopic (exact) mass is 284 g/mol. The summed E-state index contributed by atoms with van der Waals surface area (Å²) in [6, 6.07) is 5.68. The number of benzene rings is 1. The van der Waals surface area contributed by atoms with Crippen molar-refractivity contribution in [2.75, 3.05) is 11.9 Å². The van der Waals surface area contributed by atoms with E-state index in [-0.39, 0.29) is 5.78 Å². The number of hydrogen-bond acceptors (Lipinski definition) is 2. The van der Waals surface area contributed by atoms with Gasteiger partial charge in [-0.1, -0.05) is 22.9 Å². The van der Waals surface area contributed by atoms with Crippen molar-refractivity contribution in [3.8, 4) is 5.75 Å². The molecule has 0 saturated heterocycles. The fourth-order valence-corrected chi connectivity index (χ4v) is 1.92. The van der Waals surface area contributed by atoms with Crippen molar-refractivity contribution in [1.82, 2.24) is 0 Å². The van der Waals surface area contributed by atoms with Crippen molar-refractivity contribution < 1.29 is 9.53 Å². The van der Waals surface area contributed by atoms with E-state index >= 15 is 0 Å². The van der Waals surface area contributed by atoms with Crippen LogP contribution in [0.2, 0.25) is 0 Å². The van der Waals surface area contributed by atoms with Gasteiger partial charge in [0.1, 0.15) is 5.75 Å². The van der Waals surface area contributed by atoms with Crippen molar-refractivity contribution in [2.45, 2.75) is 26.7 Å². The van der Waals surface area contributed by atoms with E-state index < -0.39 is 0 Å². The van der Waals surface area contributed by atoms with Gasteiger partial charge in [0, 0.05) is 17.3 Å². The number of carbonyl (C=O) groups is 1. The van der Waals surface area contributed by atoms with E-state index in [1.807, 2.05) is 25.1 Å². The Morgan fingerprint density at radius 1 is 1.38 bits per heavy atom. The quantitative estimate of drug-likeness (QED) is 0.589. The maximum atomic E-state index is 11.7. The third-order valence-corrected chi connectivity index (χ3v) is 2.78. The zero-order chi connectivity index (χ0) is 12.0. The molecule has 3 heteroatoms. The molecule has 1 rings (SSSR count). The number of alkyl halides is 1. The first-order chi connectivity index (χ1) is 7.72. The smallest absolute Gasteiger partial charge is 0.163 e. The van der Waals surface area contributed by atoms with Gasteiger partial charge < -0.3 is 4.74 Å². The standard InChI is InChI=1S/C13H17BrO2/c1-3-10-9-11(12(15)7-8-14)5-6-13(10)16-4-2/h5-6,9H,3-4,7-8H2,1-2H3. The van der Waals surface area contributed by atoms with Crippen LogP contribution in [-0.4, -0.2) is 17.7 Å². The highest BCUT2D eigenvalue weighted by atomic mass is 79.9. The Labute approximate surface area is 105 Å². The predicted molar refractivity (Wildman–Crippen MR) is 69.7 cm³/mol. The SMILES string of the molecule is CCOc1ccc(C(=O)CCBr)cc1CC. The molecule has 0 heterocycles. The van der Waals surface area contributed by atoms with E-state index in [1.165, 1.54) is 0 Å². The first-order valence-electron chi connectivity index (χ1n) is 5.57. The summed E-state index contributed by atoms with van der Waals surface area (Å²) in [5.74, 6) is 1.06. The highest BCUT2D eigenvalue weighted by molar-refractivity contribution is 9.09. The molecule has 0 saturated carbocycles. The minimum absolute atomic E-state index is 0.176. The summed E-state index contributed by atoms with van der Waals surface area (Å²) in [4.78, 5) is 11.7. The van der Waals surface area contributed by atoms with Gasteiger partial charge in [-0.3, -0.25) is 4.79 Å². The van der Waals surface area contributed by atoms with Gasteiger partial charge in [-0.05, 0) is 37.1 Å². The molecular weight excluding hydrogens is 268 g/mol. The lowest BCUT2D eigenvalue weighted by atomic mass is 10.0. The highest BCUT2D eigenvalue weighted by Crippen LogP contribution is 2.21. The first kappa shape index (κ1) is 13.2. The predicted octanol–water partition coefficient (Wildman–Crippen LogP) is 3.62. The van der Waals surface area contributed by atoms with E-state index in [2.05, 4.69) is 22.9 Å². The van der Waals surface area contributed by atoms with Gasteiger partial charge in [0.25, 0.3) is 0 Å². The van der Waals surface area contributed by atoms with Crippen molar-refractivity contribution >= 4 is 21.7 Å². The Morgan fingerprint density at radius 3 is 2.69 bits per heavy atom. The van der Waals surface area contributed by atoms with Gasteiger partial charge in [0.2, 0.25) is 0 Å². The first-order valence-corrected chi connectivity index (χ1v) is 6.70. The molecule has 1 aromatic carbocycles. The second kappa shape index (κ2) is 6.69. The van der Waals surface area contributed by atoms with Crippen LogP contribution >= 0.6 is 15.9 Å². The summed E-state index contributed by atoms with van der Waals surface area (Å²) >= 11 is 3.28. The summed E-state index contributed by atoms with van der Waals surface area (Å²) in [6.07, 6.45) is 1.42. The van der Waals surface area contributed by atoms with Gasteiger partial charge >= 0.3 is 0 Å². The van der Waals surface area contributed by atoms with Crippen molar-refractivity contribution in [2.24, 2.45) is 0 Å². The molecule has 1 aromatic rings.